The average Bonchev–Trinajstić information content (AvgIpc) is 2.85. The summed E-state index contributed by atoms with van der Waals surface area (Å²) < 4.78 is 2.29. The molecule has 1 aromatic heterocycles. The second-order valence-corrected chi connectivity index (χ2v) is 7.11. The Morgan fingerprint density at radius 1 is 1.00 bits per heavy atom. The van der Waals surface area contributed by atoms with Crippen molar-refractivity contribution in [2.45, 2.75) is 39.0 Å². The number of aromatic nitrogens is 1. The number of nitrogens with two attached hydrogens (primary N) is 1. The topological polar surface area (TPSA) is 30.9 Å². The molecule has 0 aliphatic carbocycles. The number of hydrogen-bond donors (Lipinski definition) is 1. The van der Waals surface area contributed by atoms with Crippen LogP contribution in [0.15, 0.2) is 48.5 Å². The van der Waals surface area contributed by atoms with E-state index < -0.39 is 0 Å². The van der Waals surface area contributed by atoms with E-state index in [2.05, 4.69) is 80.9 Å². The van der Waals surface area contributed by atoms with Crippen LogP contribution >= 0.6 is 0 Å². The molecule has 0 saturated carbocycles. The Hall–Kier alpha value is -2.06. The summed E-state index contributed by atoms with van der Waals surface area (Å²) in [6.07, 6.45) is 0.990. The van der Waals surface area contributed by atoms with Gasteiger partial charge in [-0.1, -0.05) is 56.3 Å². The first-order valence-corrected chi connectivity index (χ1v) is 8.85. The third-order valence-corrected chi connectivity index (χ3v) is 5.27. The first kappa shape index (κ1) is 16.8. The average molecular weight is 320 g/mol. The Balaban J connectivity index is 1.96. The van der Waals surface area contributed by atoms with Gasteiger partial charge in [0.1, 0.15) is 0 Å². The molecule has 2 N–H and O–H groups in total. The number of fused-ring (bicyclic) bond motifs is 1. The highest BCUT2D eigenvalue weighted by Gasteiger charge is 2.20. The van der Waals surface area contributed by atoms with E-state index in [9.17, 15) is 0 Å². The quantitative estimate of drug-likeness (QED) is 0.712. The Morgan fingerprint density at radius 2 is 1.67 bits per heavy atom. The number of benzene rings is 2. The number of para-hydroxylation sites is 1. The van der Waals surface area contributed by atoms with E-state index in [1.54, 1.807) is 0 Å². The summed E-state index contributed by atoms with van der Waals surface area (Å²) in [5.74, 6) is 0.922. The molecule has 1 unspecified atom stereocenters. The molecule has 1 heterocycles. The van der Waals surface area contributed by atoms with E-state index in [0.717, 1.165) is 6.42 Å². The molecule has 0 aliphatic rings. The fourth-order valence-corrected chi connectivity index (χ4v) is 3.69. The van der Waals surface area contributed by atoms with Crippen molar-refractivity contribution in [2.75, 3.05) is 6.54 Å². The molecule has 3 rings (SSSR count). The zero-order valence-electron chi connectivity index (χ0n) is 15.2. The minimum atomic E-state index is 0.348. The van der Waals surface area contributed by atoms with Crippen LogP contribution in [0.2, 0.25) is 0 Å². The van der Waals surface area contributed by atoms with Gasteiger partial charge in [-0.25, -0.2) is 0 Å². The van der Waals surface area contributed by atoms with Gasteiger partial charge in [0.25, 0.3) is 0 Å². The van der Waals surface area contributed by atoms with Crippen molar-refractivity contribution in [1.82, 2.24) is 4.57 Å². The Morgan fingerprint density at radius 3 is 2.29 bits per heavy atom. The Kier molecular flexibility index (Phi) is 4.77. The minimum absolute atomic E-state index is 0.348. The molecule has 0 saturated heterocycles. The number of hydrogen-bond acceptors (Lipinski definition) is 1. The van der Waals surface area contributed by atoms with Gasteiger partial charge in [-0.3, -0.25) is 0 Å². The van der Waals surface area contributed by atoms with Crippen LogP contribution in [0.1, 0.15) is 48.1 Å². The van der Waals surface area contributed by atoms with Crippen molar-refractivity contribution in [3.05, 3.63) is 70.9 Å². The van der Waals surface area contributed by atoms with Crippen LogP contribution in [0, 0.1) is 6.92 Å². The second kappa shape index (κ2) is 6.82. The first-order valence-electron chi connectivity index (χ1n) is 8.85. The number of aryl methyl sites for hydroxylation is 1. The normalized spacial score (nSPS) is 12.9. The maximum atomic E-state index is 6.19. The van der Waals surface area contributed by atoms with E-state index in [0.29, 0.717) is 18.4 Å². The van der Waals surface area contributed by atoms with Crippen LogP contribution in [0.4, 0.5) is 0 Å². The fourth-order valence-electron chi connectivity index (χ4n) is 3.69. The Labute approximate surface area is 145 Å². The molecule has 0 bridgehead atoms. The predicted molar refractivity (Wildman–Crippen MR) is 104 cm³/mol. The van der Waals surface area contributed by atoms with E-state index in [-0.39, 0.29) is 0 Å². The van der Waals surface area contributed by atoms with Crippen LogP contribution in [-0.4, -0.2) is 11.1 Å². The molecule has 0 radical (unpaired) electrons. The molecule has 0 spiro atoms. The lowest BCUT2D eigenvalue weighted by Crippen LogP contribution is -2.16. The summed E-state index contributed by atoms with van der Waals surface area (Å²) in [6.45, 7) is 7.34. The zero-order chi connectivity index (χ0) is 17.3. The van der Waals surface area contributed by atoms with E-state index in [1.165, 1.54) is 33.3 Å². The van der Waals surface area contributed by atoms with Gasteiger partial charge in [0, 0.05) is 29.6 Å². The highest BCUT2D eigenvalue weighted by Crippen LogP contribution is 2.32. The van der Waals surface area contributed by atoms with Crippen molar-refractivity contribution in [2.24, 2.45) is 12.8 Å². The van der Waals surface area contributed by atoms with Crippen LogP contribution in [0.5, 0.6) is 0 Å². The first-order chi connectivity index (χ1) is 11.5. The molecule has 126 valence electrons. The van der Waals surface area contributed by atoms with Crippen molar-refractivity contribution in [3.8, 4) is 0 Å². The SMILES string of the molecule is Cc1c(C(CN)Cc2ccc(C(C)C)cc2)c2ccccc2n1C. The van der Waals surface area contributed by atoms with Gasteiger partial charge in [-0.05, 0) is 48.6 Å². The zero-order valence-corrected chi connectivity index (χ0v) is 15.2. The largest absolute Gasteiger partial charge is 0.348 e. The maximum Gasteiger partial charge on any atom is 0.0482 e. The van der Waals surface area contributed by atoms with Gasteiger partial charge in [-0.2, -0.15) is 0 Å². The maximum absolute atomic E-state index is 6.19. The van der Waals surface area contributed by atoms with Gasteiger partial charge >= 0.3 is 0 Å². The lowest BCUT2D eigenvalue weighted by atomic mass is 9.89. The minimum Gasteiger partial charge on any atom is -0.348 e. The monoisotopic (exact) mass is 320 g/mol. The molecule has 24 heavy (non-hydrogen) atoms. The van der Waals surface area contributed by atoms with Crippen molar-refractivity contribution < 1.29 is 0 Å². The van der Waals surface area contributed by atoms with Crippen LogP contribution in [-0.2, 0) is 13.5 Å². The lowest BCUT2D eigenvalue weighted by Gasteiger charge is -2.17. The van der Waals surface area contributed by atoms with Gasteiger partial charge in [0.2, 0.25) is 0 Å². The molecule has 2 aromatic carbocycles. The summed E-state index contributed by atoms with van der Waals surface area (Å²) in [4.78, 5) is 0. The molecule has 2 nitrogen and oxygen atoms in total. The molecule has 0 amide bonds. The van der Waals surface area contributed by atoms with Crippen LogP contribution < -0.4 is 5.73 Å². The molecule has 0 fully saturated rings. The van der Waals surface area contributed by atoms with Gasteiger partial charge in [-0.15, -0.1) is 0 Å². The summed E-state index contributed by atoms with van der Waals surface area (Å²) in [5.41, 5.74) is 13.0. The molecule has 3 aromatic rings. The summed E-state index contributed by atoms with van der Waals surface area (Å²) in [5, 5.41) is 1.34. The van der Waals surface area contributed by atoms with E-state index >= 15 is 0 Å². The second-order valence-electron chi connectivity index (χ2n) is 7.11. The molecular formula is C22H28N2. The summed E-state index contributed by atoms with van der Waals surface area (Å²) >= 11 is 0. The van der Waals surface area contributed by atoms with Crippen molar-refractivity contribution in [3.63, 3.8) is 0 Å². The third kappa shape index (κ3) is 2.99. The Bertz CT molecular complexity index is 825. The van der Waals surface area contributed by atoms with E-state index in [1.807, 2.05) is 0 Å². The summed E-state index contributed by atoms with van der Waals surface area (Å²) in [7, 11) is 2.15. The molecular weight excluding hydrogens is 292 g/mol. The lowest BCUT2D eigenvalue weighted by molar-refractivity contribution is 0.688. The predicted octanol–water partition coefficient (Wildman–Crippen LogP) is 4.90. The smallest absolute Gasteiger partial charge is 0.0482 e. The van der Waals surface area contributed by atoms with E-state index in [4.69, 9.17) is 5.73 Å². The highest BCUT2D eigenvalue weighted by molar-refractivity contribution is 5.86. The van der Waals surface area contributed by atoms with Crippen molar-refractivity contribution in [1.29, 1.82) is 0 Å². The highest BCUT2D eigenvalue weighted by atomic mass is 14.9. The molecule has 1 atom stereocenters. The molecule has 0 aliphatic heterocycles. The third-order valence-electron chi connectivity index (χ3n) is 5.27. The van der Waals surface area contributed by atoms with Crippen LogP contribution in [0.25, 0.3) is 10.9 Å². The van der Waals surface area contributed by atoms with Gasteiger partial charge in [0.05, 0.1) is 0 Å². The van der Waals surface area contributed by atoms with Gasteiger partial charge < -0.3 is 10.3 Å². The van der Waals surface area contributed by atoms with Crippen LogP contribution in [0.3, 0.4) is 0 Å². The molecule has 2 heteroatoms. The van der Waals surface area contributed by atoms with Crippen molar-refractivity contribution >= 4 is 10.9 Å². The van der Waals surface area contributed by atoms with Gasteiger partial charge in [0.15, 0.2) is 0 Å². The number of rotatable bonds is 5. The summed E-state index contributed by atoms with van der Waals surface area (Å²) in [6, 6.07) is 17.7. The number of nitrogens with zero attached hydrogens (tertiary/aromatic N) is 1. The fraction of sp³-hybridized carbons (Fsp3) is 0.364. The standard InChI is InChI=1S/C22H28N2/c1-15(2)18-11-9-17(10-12-18)13-19(14-23)22-16(3)24(4)21-8-6-5-7-20(21)22/h5-12,15,19H,13-14,23H2,1-4H3.